The number of hydrogen-bond donors (Lipinski definition) is 0. The van der Waals surface area contributed by atoms with Gasteiger partial charge in [0.05, 0.1) is 5.56 Å². The molecule has 0 spiro atoms. The number of aryl methyl sites for hydroxylation is 1. The van der Waals surface area contributed by atoms with E-state index in [9.17, 15) is 9.59 Å². The van der Waals surface area contributed by atoms with Gasteiger partial charge in [-0.05, 0) is 67.1 Å². The zero-order valence-electron chi connectivity index (χ0n) is 16.0. The molecular formula is C24H16ClNO4. The molecular weight excluding hydrogens is 402 g/mol. The predicted octanol–water partition coefficient (Wildman–Crippen LogP) is 5.21. The van der Waals surface area contributed by atoms with Crippen molar-refractivity contribution in [2.75, 3.05) is 0 Å². The van der Waals surface area contributed by atoms with Crippen LogP contribution in [0.2, 0.25) is 5.02 Å². The molecule has 3 aromatic rings. The average Bonchev–Trinajstić information content (AvgIpc) is 3.10. The highest BCUT2D eigenvalue weighted by atomic mass is 35.5. The summed E-state index contributed by atoms with van der Waals surface area (Å²) in [7, 11) is 0. The Morgan fingerprint density at radius 1 is 0.967 bits per heavy atom. The van der Waals surface area contributed by atoms with Gasteiger partial charge in [0.1, 0.15) is 5.75 Å². The number of benzene rings is 3. The van der Waals surface area contributed by atoms with Gasteiger partial charge in [-0.1, -0.05) is 41.4 Å². The fourth-order valence-corrected chi connectivity index (χ4v) is 2.90. The van der Waals surface area contributed by atoms with Crippen LogP contribution in [0.4, 0.5) is 0 Å². The van der Waals surface area contributed by atoms with Crippen LogP contribution in [0.25, 0.3) is 6.08 Å². The molecule has 0 atom stereocenters. The van der Waals surface area contributed by atoms with Crippen molar-refractivity contribution in [1.29, 1.82) is 0 Å². The standard InChI is InChI=1S/C24H16ClNO4/c1-15-2-6-17(7-3-15)22-26-21(24(28)30-22)14-16-4-12-20(13-5-16)29-23(27)18-8-10-19(25)11-9-18/h2-14H,1H3. The Kier molecular flexibility index (Phi) is 5.46. The lowest BCUT2D eigenvalue weighted by molar-refractivity contribution is -0.129. The van der Waals surface area contributed by atoms with Crippen molar-refractivity contribution < 1.29 is 19.1 Å². The highest BCUT2D eigenvalue weighted by molar-refractivity contribution is 6.30. The summed E-state index contributed by atoms with van der Waals surface area (Å²) in [6, 6.07) is 20.7. The van der Waals surface area contributed by atoms with Crippen LogP contribution in [0.5, 0.6) is 5.75 Å². The number of halogens is 1. The maximum atomic E-state index is 12.2. The third-order valence-electron chi connectivity index (χ3n) is 4.39. The minimum atomic E-state index is -0.510. The first-order chi connectivity index (χ1) is 14.5. The molecule has 6 heteroatoms. The number of hydrogen-bond acceptors (Lipinski definition) is 5. The van der Waals surface area contributed by atoms with E-state index < -0.39 is 11.9 Å². The first-order valence-electron chi connectivity index (χ1n) is 9.15. The van der Waals surface area contributed by atoms with Gasteiger partial charge in [-0.15, -0.1) is 0 Å². The third-order valence-corrected chi connectivity index (χ3v) is 4.64. The van der Waals surface area contributed by atoms with Crippen LogP contribution in [-0.2, 0) is 9.53 Å². The topological polar surface area (TPSA) is 65.0 Å². The fourth-order valence-electron chi connectivity index (χ4n) is 2.77. The molecule has 0 aliphatic carbocycles. The molecule has 30 heavy (non-hydrogen) atoms. The van der Waals surface area contributed by atoms with Gasteiger partial charge in [-0.3, -0.25) is 0 Å². The molecule has 148 valence electrons. The maximum absolute atomic E-state index is 12.2. The monoisotopic (exact) mass is 417 g/mol. The lowest BCUT2D eigenvalue weighted by Crippen LogP contribution is -2.08. The van der Waals surface area contributed by atoms with Crippen molar-refractivity contribution >= 4 is 35.5 Å². The molecule has 0 bridgehead atoms. The molecule has 0 saturated carbocycles. The Bertz CT molecular complexity index is 1160. The minimum absolute atomic E-state index is 0.205. The molecule has 0 radical (unpaired) electrons. The summed E-state index contributed by atoms with van der Waals surface area (Å²) in [5, 5.41) is 0.544. The Morgan fingerprint density at radius 3 is 2.30 bits per heavy atom. The van der Waals surface area contributed by atoms with E-state index in [4.69, 9.17) is 21.1 Å². The number of esters is 2. The summed E-state index contributed by atoms with van der Waals surface area (Å²) in [4.78, 5) is 28.6. The largest absolute Gasteiger partial charge is 0.423 e. The summed E-state index contributed by atoms with van der Waals surface area (Å²) in [5.41, 5.74) is 3.18. The molecule has 1 aliphatic rings. The molecule has 1 heterocycles. The number of cyclic esters (lactones) is 1. The van der Waals surface area contributed by atoms with Crippen molar-refractivity contribution in [3.8, 4) is 5.75 Å². The summed E-state index contributed by atoms with van der Waals surface area (Å²) < 4.78 is 10.6. The molecule has 5 nitrogen and oxygen atoms in total. The second-order valence-corrected chi connectivity index (χ2v) is 7.10. The van der Waals surface area contributed by atoms with Gasteiger partial charge in [0.15, 0.2) is 5.70 Å². The molecule has 0 unspecified atom stereocenters. The molecule has 4 rings (SSSR count). The Hall–Kier alpha value is -3.70. The zero-order chi connectivity index (χ0) is 21.1. The molecule has 0 amide bonds. The normalized spacial score (nSPS) is 14.4. The van der Waals surface area contributed by atoms with E-state index in [0.717, 1.165) is 16.7 Å². The number of nitrogens with zero attached hydrogens (tertiary/aromatic N) is 1. The van der Waals surface area contributed by atoms with Gasteiger partial charge in [0.2, 0.25) is 5.90 Å². The highest BCUT2D eigenvalue weighted by Crippen LogP contribution is 2.21. The zero-order valence-corrected chi connectivity index (χ0v) is 16.7. The Labute approximate surface area is 178 Å². The summed E-state index contributed by atoms with van der Waals surface area (Å²) in [6.45, 7) is 1.98. The van der Waals surface area contributed by atoms with Crippen molar-refractivity contribution in [3.63, 3.8) is 0 Å². The highest BCUT2D eigenvalue weighted by Gasteiger charge is 2.24. The van der Waals surface area contributed by atoms with Crippen molar-refractivity contribution in [3.05, 3.63) is 106 Å². The fraction of sp³-hybridized carbons (Fsp3) is 0.0417. The van der Waals surface area contributed by atoms with E-state index in [1.165, 1.54) is 0 Å². The van der Waals surface area contributed by atoms with Gasteiger partial charge < -0.3 is 9.47 Å². The summed E-state index contributed by atoms with van der Waals surface area (Å²) >= 11 is 5.82. The SMILES string of the molecule is Cc1ccc(C2=NC(=Cc3ccc(OC(=O)c4ccc(Cl)cc4)cc3)C(=O)O2)cc1. The van der Waals surface area contributed by atoms with Crippen LogP contribution < -0.4 is 4.74 Å². The minimum Gasteiger partial charge on any atom is -0.423 e. The van der Waals surface area contributed by atoms with E-state index in [1.54, 1.807) is 54.6 Å². The molecule has 1 aliphatic heterocycles. The summed E-state index contributed by atoms with van der Waals surface area (Å²) in [5.74, 6) is -0.331. The van der Waals surface area contributed by atoms with E-state index in [0.29, 0.717) is 16.3 Å². The van der Waals surface area contributed by atoms with Gasteiger partial charge in [-0.25, -0.2) is 14.6 Å². The molecule has 3 aromatic carbocycles. The van der Waals surface area contributed by atoms with Crippen molar-refractivity contribution in [2.45, 2.75) is 6.92 Å². The molecule has 0 fully saturated rings. The van der Waals surface area contributed by atoms with Crippen molar-refractivity contribution in [2.24, 2.45) is 4.99 Å². The summed E-state index contributed by atoms with van der Waals surface area (Å²) in [6.07, 6.45) is 1.62. The predicted molar refractivity (Wildman–Crippen MR) is 115 cm³/mol. The Morgan fingerprint density at radius 2 is 1.63 bits per heavy atom. The van der Waals surface area contributed by atoms with Gasteiger partial charge >= 0.3 is 11.9 Å². The lowest BCUT2D eigenvalue weighted by Gasteiger charge is -2.05. The average molecular weight is 418 g/mol. The van der Waals surface area contributed by atoms with Crippen LogP contribution in [0, 0.1) is 6.92 Å². The maximum Gasteiger partial charge on any atom is 0.363 e. The van der Waals surface area contributed by atoms with Gasteiger partial charge in [-0.2, -0.15) is 0 Å². The van der Waals surface area contributed by atoms with Gasteiger partial charge in [0, 0.05) is 10.6 Å². The molecule has 0 N–H and O–H groups in total. The van der Waals surface area contributed by atoms with E-state index in [1.807, 2.05) is 31.2 Å². The number of ether oxygens (including phenoxy) is 2. The third kappa shape index (κ3) is 4.47. The second kappa shape index (κ2) is 8.35. The second-order valence-electron chi connectivity index (χ2n) is 6.67. The molecule has 0 aromatic heterocycles. The van der Waals surface area contributed by atoms with Crippen LogP contribution in [0.1, 0.15) is 27.0 Å². The van der Waals surface area contributed by atoms with Crippen LogP contribution >= 0.6 is 11.6 Å². The quantitative estimate of drug-likeness (QED) is 0.332. The lowest BCUT2D eigenvalue weighted by atomic mass is 10.1. The molecule has 0 saturated heterocycles. The number of carbonyl (C=O) groups excluding carboxylic acids is 2. The van der Waals surface area contributed by atoms with Crippen LogP contribution in [-0.4, -0.2) is 17.8 Å². The number of aliphatic imine (C=N–C) groups is 1. The first kappa shape index (κ1) is 19.6. The van der Waals surface area contributed by atoms with Crippen molar-refractivity contribution in [1.82, 2.24) is 0 Å². The first-order valence-corrected chi connectivity index (χ1v) is 9.53. The van der Waals surface area contributed by atoms with Crippen LogP contribution in [0.3, 0.4) is 0 Å². The smallest absolute Gasteiger partial charge is 0.363 e. The van der Waals surface area contributed by atoms with Crippen LogP contribution in [0.15, 0.2) is 83.5 Å². The van der Waals surface area contributed by atoms with E-state index >= 15 is 0 Å². The van der Waals surface area contributed by atoms with Gasteiger partial charge in [0.25, 0.3) is 0 Å². The number of rotatable bonds is 4. The van der Waals surface area contributed by atoms with E-state index in [-0.39, 0.29) is 11.6 Å². The Balaban J connectivity index is 1.48. The van der Waals surface area contributed by atoms with E-state index in [2.05, 4.69) is 4.99 Å². The number of carbonyl (C=O) groups is 2.